The maximum atomic E-state index is 12.0. The standard InChI is InChI=1S/C20H24N2O3S/c21-14-20(9-2-1-3-10-20)22-18(23)12-25-19(24)13-26-17-8-7-15-5-4-6-16(15)11-17/h7-8,11H,1-6,9-10,12-13H2,(H,22,23). The number of nitrogens with one attached hydrogen (secondary N) is 1. The largest absolute Gasteiger partial charge is 0.455 e. The molecule has 26 heavy (non-hydrogen) atoms. The van der Waals surface area contributed by atoms with Crippen molar-refractivity contribution < 1.29 is 14.3 Å². The van der Waals surface area contributed by atoms with Crippen LogP contribution in [0.15, 0.2) is 23.1 Å². The highest BCUT2D eigenvalue weighted by Crippen LogP contribution is 2.28. The van der Waals surface area contributed by atoms with Crippen molar-refractivity contribution in [3.8, 4) is 6.07 Å². The fraction of sp³-hybridized carbons (Fsp3) is 0.550. The number of hydrogen-bond donors (Lipinski definition) is 1. The average molecular weight is 372 g/mol. The van der Waals surface area contributed by atoms with Crippen molar-refractivity contribution in [2.24, 2.45) is 0 Å². The van der Waals surface area contributed by atoms with E-state index in [1.807, 2.05) is 6.07 Å². The fourth-order valence-corrected chi connectivity index (χ4v) is 4.45. The number of aryl methyl sites for hydroxylation is 2. The summed E-state index contributed by atoms with van der Waals surface area (Å²) in [7, 11) is 0. The molecule has 0 heterocycles. The Balaban J connectivity index is 1.41. The first-order chi connectivity index (χ1) is 12.6. The van der Waals surface area contributed by atoms with E-state index in [9.17, 15) is 14.9 Å². The lowest BCUT2D eigenvalue weighted by Crippen LogP contribution is -2.50. The second-order valence-electron chi connectivity index (χ2n) is 7.04. The summed E-state index contributed by atoms with van der Waals surface area (Å²) >= 11 is 1.43. The number of nitriles is 1. The van der Waals surface area contributed by atoms with Crippen molar-refractivity contribution in [2.75, 3.05) is 12.4 Å². The van der Waals surface area contributed by atoms with Crippen molar-refractivity contribution in [1.82, 2.24) is 5.32 Å². The summed E-state index contributed by atoms with van der Waals surface area (Å²) in [6, 6.07) is 8.54. The topological polar surface area (TPSA) is 79.2 Å². The Morgan fingerprint density at radius 2 is 1.92 bits per heavy atom. The minimum Gasteiger partial charge on any atom is -0.455 e. The van der Waals surface area contributed by atoms with Crippen LogP contribution in [0.2, 0.25) is 0 Å². The third kappa shape index (κ3) is 4.79. The lowest BCUT2D eigenvalue weighted by molar-refractivity contribution is -0.146. The van der Waals surface area contributed by atoms with E-state index in [0.29, 0.717) is 12.8 Å². The quantitative estimate of drug-likeness (QED) is 0.613. The Morgan fingerprint density at radius 1 is 1.15 bits per heavy atom. The zero-order valence-electron chi connectivity index (χ0n) is 14.9. The Bertz CT molecular complexity index is 720. The maximum Gasteiger partial charge on any atom is 0.316 e. The lowest BCUT2D eigenvalue weighted by atomic mass is 9.83. The van der Waals surface area contributed by atoms with Gasteiger partial charge in [0, 0.05) is 4.90 Å². The molecule has 0 atom stereocenters. The second-order valence-corrected chi connectivity index (χ2v) is 8.08. The van der Waals surface area contributed by atoms with Gasteiger partial charge >= 0.3 is 5.97 Å². The molecule has 6 heteroatoms. The first-order valence-corrected chi connectivity index (χ1v) is 10.2. The van der Waals surface area contributed by atoms with Crippen LogP contribution >= 0.6 is 11.8 Å². The lowest BCUT2D eigenvalue weighted by Gasteiger charge is -2.31. The molecule has 0 aromatic heterocycles. The van der Waals surface area contributed by atoms with Gasteiger partial charge in [-0.1, -0.05) is 25.3 Å². The molecule has 0 saturated heterocycles. The van der Waals surface area contributed by atoms with Gasteiger partial charge in [0.05, 0.1) is 11.8 Å². The molecule has 1 N–H and O–H groups in total. The van der Waals surface area contributed by atoms with Gasteiger partial charge in [0.2, 0.25) is 0 Å². The van der Waals surface area contributed by atoms with E-state index in [1.165, 1.54) is 29.3 Å². The zero-order chi connectivity index (χ0) is 18.4. The van der Waals surface area contributed by atoms with E-state index >= 15 is 0 Å². The normalized spacial score (nSPS) is 17.8. The van der Waals surface area contributed by atoms with Crippen LogP contribution in [0, 0.1) is 11.3 Å². The van der Waals surface area contributed by atoms with Crippen molar-refractivity contribution in [2.45, 2.75) is 61.8 Å². The molecule has 0 radical (unpaired) electrons. The van der Waals surface area contributed by atoms with Crippen LogP contribution in [-0.4, -0.2) is 29.8 Å². The monoisotopic (exact) mass is 372 g/mol. The molecule has 5 nitrogen and oxygen atoms in total. The van der Waals surface area contributed by atoms with E-state index in [0.717, 1.165) is 37.0 Å². The minimum absolute atomic E-state index is 0.176. The van der Waals surface area contributed by atoms with Crippen LogP contribution < -0.4 is 5.32 Å². The number of esters is 1. The molecule has 2 aliphatic carbocycles. The summed E-state index contributed by atoms with van der Waals surface area (Å²) in [5, 5.41) is 12.1. The average Bonchev–Trinajstić information content (AvgIpc) is 3.13. The van der Waals surface area contributed by atoms with Crippen molar-refractivity contribution in [3.63, 3.8) is 0 Å². The molecule has 1 aromatic rings. The number of nitrogens with zero attached hydrogens (tertiary/aromatic N) is 1. The van der Waals surface area contributed by atoms with Crippen molar-refractivity contribution in [3.05, 3.63) is 29.3 Å². The van der Waals surface area contributed by atoms with Gasteiger partial charge in [-0.3, -0.25) is 9.59 Å². The van der Waals surface area contributed by atoms with E-state index in [-0.39, 0.29) is 12.4 Å². The Hall–Kier alpha value is -2.00. The molecule has 0 bridgehead atoms. The molecule has 2 aliphatic rings. The number of hydrogen-bond acceptors (Lipinski definition) is 5. The summed E-state index contributed by atoms with van der Waals surface area (Å²) in [6.07, 6.45) is 7.74. The molecule has 1 amide bonds. The fourth-order valence-electron chi connectivity index (χ4n) is 3.69. The summed E-state index contributed by atoms with van der Waals surface area (Å²) < 4.78 is 5.07. The first kappa shape index (κ1) is 18.8. The second kappa shape index (κ2) is 8.59. The number of rotatable bonds is 6. The number of carbonyl (C=O) groups is 2. The molecular weight excluding hydrogens is 348 g/mol. The number of fused-ring (bicyclic) bond motifs is 1. The van der Waals surface area contributed by atoms with Crippen molar-refractivity contribution >= 4 is 23.6 Å². The van der Waals surface area contributed by atoms with E-state index in [4.69, 9.17) is 4.74 Å². The van der Waals surface area contributed by atoms with E-state index in [1.54, 1.807) is 0 Å². The summed E-state index contributed by atoms with van der Waals surface area (Å²) in [5.74, 6) is -0.639. The Kier molecular flexibility index (Phi) is 6.20. The number of benzene rings is 1. The summed E-state index contributed by atoms with van der Waals surface area (Å²) in [5.41, 5.74) is 1.99. The van der Waals surface area contributed by atoms with Gasteiger partial charge in [-0.25, -0.2) is 0 Å². The highest BCUT2D eigenvalue weighted by atomic mass is 32.2. The molecule has 0 aliphatic heterocycles. The third-order valence-corrected chi connectivity index (χ3v) is 6.06. The first-order valence-electron chi connectivity index (χ1n) is 9.23. The van der Waals surface area contributed by atoms with Crippen LogP contribution in [0.1, 0.15) is 49.7 Å². The van der Waals surface area contributed by atoms with E-state index in [2.05, 4.69) is 23.5 Å². The van der Waals surface area contributed by atoms with Crippen LogP contribution in [-0.2, 0) is 27.2 Å². The molecule has 0 spiro atoms. The predicted molar refractivity (Wildman–Crippen MR) is 99.7 cm³/mol. The molecule has 1 saturated carbocycles. The number of thioether (sulfide) groups is 1. The minimum atomic E-state index is -0.791. The SMILES string of the molecule is N#CC1(NC(=O)COC(=O)CSc2ccc3c(c2)CCC3)CCCCC1. The number of ether oxygens (including phenoxy) is 1. The molecule has 1 aromatic carbocycles. The van der Waals surface area contributed by atoms with Gasteiger partial charge in [0.25, 0.3) is 5.91 Å². The van der Waals surface area contributed by atoms with Gasteiger partial charge in [0.1, 0.15) is 5.54 Å². The van der Waals surface area contributed by atoms with Gasteiger partial charge in [-0.05, 0) is 55.4 Å². The highest BCUT2D eigenvalue weighted by Gasteiger charge is 2.33. The number of amides is 1. The Morgan fingerprint density at radius 3 is 2.69 bits per heavy atom. The summed E-state index contributed by atoms with van der Waals surface area (Å²) in [4.78, 5) is 25.0. The Labute approximate surface area is 158 Å². The zero-order valence-corrected chi connectivity index (χ0v) is 15.7. The van der Waals surface area contributed by atoms with Crippen LogP contribution in [0.3, 0.4) is 0 Å². The molecule has 0 unspecified atom stereocenters. The molecule has 3 rings (SSSR count). The predicted octanol–water partition coefficient (Wildman–Crippen LogP) is 3.15. The van der Waals surface area contributed by atoms with E-state index < -0.39 is 17.4 Å². The van der Waals surface area contributed by atoms with Gasteiger partial charge in [-0.2, -0.15) is 5.26 Å². The van der Waals surface area contributed by atoms with Gasteiger partial charge in [0.15, 0.2) is 6.61 Å². The van der Waals surface area contributed by atoms with Crippen molar-refractivity contribution in [1.29, 1.82) is 5.26 Å². The van der Waals surface area contributed by atoms with Gasteiger partial charge in [-0.15, -0.1) is 11.8 Å². The van der Waals surface area contributed by atoms with Crippen LogP contribution in [0.4, 0.5) is 0 Å². The number of carbonyl (C=O) groups excluding carboxylic acids is 2. The molecule has 138 valence electrons. The van der Waals surface area contributed by atoms with Gasteiger partial charge < -0.3 is 10.1 Å². The smallest absolute Gasteiger partial charge is 0.316 e. The third-order valence-electron chi connectivity index (χ3n) is 5.09. The molecular formula is C20H24N2O3S. The maximum absolute atomic E-state index is 12.0. The highest BCUT2D eigenvalue weighted by molar-refractivity contribution is 8.00. The van der Waals surface area contributed by atoms with Crippen LogP contribution in [0.25, 0.3) is 0 Å². The summed E-state index contributed by atoms with van der Waals surface area (Å²) in [6.45, 7) is -0.326. The molecule has 1 fully saturated rings. The van der Waals surface area contributed by atoms with Crippen LogP contribution in [0.5, 0.6) is 0 Å².